The minimum absolute atomic E-state index is 0.0135. The van der Waals surface area contributed by atoms with Crippen LogP contribution in [-0.4, -0.2) is 141 Å². The number of anilines is 1. The molecular weight excluding hydrogens is 737 g/mol. The molecule has 58 heavy (non-hydrogen) atoms. The molecule has 1 aliphatic heterocycles. The van der Waals surface area contributed by atoms with E-state index in [1.165, 1.54) is 0 Å². The summed E-state index contributed by atoms with van der Waals surface area (Å²) in [5.41, 5.74) is 1.02. The maximum Gasteiger partial charge on any atom is 0.245 e. The van der Waals surface area contributed by atoms with Gasteiger partial charge in [0.15, 0.2) is 0 Å². The first-order valence-corrected chi connectivity index (χ1v) is 21.4. The number of rotatable bonds is 23. The lowest BCUT2D eigenvalue weighted by molar-refractivity contribution is -0.149. The Balaban J connectivity index is 2.21. The summed E-state index contributed by atoms with van der Waals surface area (Å²) in [7, 11) is 8.67. The molecule has 0 saturated carbocycles. The third kappa shape index (κ3) is 13.8. The van der Waals surface area contributed by atoms with Crippen LogP contribution < -0.4 is 10.6 Å². The Hall–Kier alpha value is -3.55. The first-order valence-electron chi connectivity index (χ1n) is 21.4. The molecule has 1 aromatic rings. The molecule has 13 nitrogen and oxygen atoms in total. The maximum atomic E-state index is 14.3. The number of hydrogen-bond acceptors (Lipinski definition) is 8. The summed E-state index contributed by atoms with van der Waals surface area (Å²) in [6.07, 6.45) is 1.74. The van der Waals surface area contributed by atoms with E-state index in [4.69, 9.17) is 9.47 Å². The molecule has 2 rings (SSSR count). The fourth-order valence-electron chi connectivity index (χ4n) is 8.07. The van der Waals surface area contributed by atoms with Crippen molar-refractivity contribution < 1.29 is 33.4 Å². The predicted molar refractivity (Wildman–Crippen MR) is 231 cm³/mol. The molecule has 13 heteroatoms. The van der Waals surface area contributed by atoms with Crippen LogP contribution >= 0.6 is 0 Å². The Morgan fingerprint density at radius 2 is 1.60 bits per heavy atom. The molecule has 5 amide bonds. The predicted octanol–water partition coefficient (Wildman–Crippen LogP) is 5.32. The minimum atomic E-state index is -0.756. The van der Waals surface area contributed by atoms with Crippen LogP contribution in [0.5, 0.6) is 0 Å². The van der Waals surface area contributed by atoms with Crippen LogP contribution in [0.2, 0.25) is 0 Å². The van der Waals surface area contributed by atoms with Gasteiger partial charge in [-0.1, -0.05) is 73.9 Å². The molecule has 330 valence electrons. The van der Waals surface area contributed by atoms with E-state index in [1.54, 1.807) is 38.1 Å². The molecule has 1 aliphatic rings. The number of methoxy groups -OCH3 is 2. The number of ether oxygens (including phenoxy) is 2. The van der Waals surface area contributed by atoms with Gasteiger partial charge in [0, 0.05) is 59.6 Å². The second-order valence-corrected chi connectivity index (χ2v) is 17.9. The van der Waals surface area contributed by atoms with Gasteiger partial charge in [0.05, 0.1) is 42.0 Å². The molecule has 7 atom stereocenters. The van der Waals surface area contributed by atoms with Crippen LogP contribution in [0, 0.1) is 29.1 Å². The van der Waals surface area contributed by atoms with Crippen LogP contribution in [0.3, 0.4) is 0 Å². The fourth-order valence-corrected chi connectivity index (χ4v) is 8.07. The van der Waals surface area contributed by atoms with E-state index in [0.717, 1.165) is 30.6 Å². The van der Waals surface area contributed by atoms with Gasteiger partial charge in [-0.05, 0) is 76.2 Å². The molecular formula is C45H78N6O7. The minimum Gasteiger partial charge on any atom is -0.379 e. The van der Waals surface area contributed by atoms with Gasteiger partial charge in [-0.15, -0.1) is 0 Å². The summed E-state index contributed by atoms with van der Waals surface area (Å²) in [6, 6.07) is 6.17. The lowest BCUT2D eigenvalue weighted by Gasteiger charge is -2.41. The quantitative estimate of drug-likeness (QED) is 0.151. The highest BCUT2D eigenvalue weighted by Crippen LogP contribution is 2.30. The number of amides is 5. The van der Waals surface area contributed by atoms with E-state index in [9.17, 15) is 24.0 Å². The summed E-state index contributed by atoms with van der Waals surface area (Å²) in [5.74, 6) is -1.47. The average molecular weight is 815 g/mol. The van der Waals surface area contributed by atoms with Crippen molar-refractivity contribution in [2.45, 2.75) is 132 Å². The van der Waals surface area contributed by atoms with E-state index in [-0.39, 0.29) is 59.8 Å². The number of carbonyl (C=O) groups is 5. The van der Waals surface area contributed by atoms with Crippen LogP contribution in [0.1, 0.15) is 100 Å². The van der Waals surface area contributed by atoms with Crippen molar-refractivity contribution in [3.8, 4) is 0 Å². The fraction of sp³-hybridized carbons (Fsp3) is 0.756. The Kier molecular flexibility index (Phi) is 20.3. The second-order valence-electron chi connectivity index (χ2n) is 17.9. The average Bonchev–Trinajstić information content (AvgIpc) is 3.67. The molecule has 2 N–H and O–H groups in total. The van der Waals surface area contributed by atoms with Gasteiger partial charge in [-0.3, -0.25) is 24.0 Å². The lowest BCUT2D eigenvalue weighted by Crippen LogP contribution is -2.59. The molecule has 0 bridgehead atoms. The Morgan fingerprint density at radius 1 is 0.948 bits per heavy atom. The monoisotopic (exact) mass is 815 g/mol. The molecule has 0 spiro atoms. The van der Waals surface area contributed by atoms with Gasteiger partial charge in [0.1, 0.15) is 6.04 Å². The molecule has 0 radical (unpaired) electrons. The van der Waals surface area contributed by atoms with Crippen molar-refractivity contribution in [1.82, 2.24) is 24.9 Å². The second kappa shape index (κ2) is 23.3. The highest BCUT2D eigenvalue weighted by molar-refractivity contribution is 5.92. The van der Waals surface area contributed by atoms with Gasteiger partial charge in [0.25, 0.3) is 0 Å². The van der Waals surface area contributed by atoms with Crippen molar-refractivity contribution in [3.63, 3.8) is 0 Å². The molecule has 0 aromatic heterocycles. The van der Waals surface area contributed by atoms with Gasteiger partial charge in [-0.25, -0.2) is 0 Å². The summed E-state index contributed by atoms with van der Waals surface area (Å²) in [4.78, 5) is 75.5. The van der Waals surface area contributed by atoms with E-state index in [1.807, 2.05) is 91.6 Å². The van der Waals surface area contributed by atoms with E-state index < -0.39 is 35.6 Å². The SMILES string of the molecule is CC[C@H](C)[C@@H]([C@@H](CC(=O)N1CCC[C@H]1[C@H](OC)[C@@H](C)C(=O)N(C)CCc1cccc(NC(=O)C(C)C)c1)OC)N(C)C(=O)[C@@H](NC(=O)C(C)(C)CN(C)CC)C(C)C. The van der Waals surface area contributed by atoms with Gasteiger partial charge in [0.2, 0.25) is 29.5 Å². The Labute approximate surface area is 350 Å². The number of hydrogen-bond donors (Lipinski definition) is 2. The van der Waals surface area contributed by atoms with Crippen LogP contribution in [0.25, 0.3) is 0 Å². The number of carbonyl (C=O) groups excluding carboxylic acids is 5. The normalized spacial score (nSPS) is 17.8. The molecule has 1 heterocycles. The van der Waals surface area contributed by atoms with Crippen LogP contribution in [-0.2, 0) is 39.9 Å². The van der Waals surface area contributed by atoms with Crippen molar-refractivity contribution in [1.29, 1.82) is 0 Å². The number of nitrogens with zero attached hydrogens (tertiary/aromatic N) is 4. The van der Waals surface area contributed by atoms with Crippen molar-refractivity contribution in [2.24, 2.45) is 29.1 Å². The zero-order valence-electron chi connectivity index (χ0n) is 38.5. The zero-order chi connectivity index (χ0) is 44.1. The highest BCUT2D eigenvalue weighted by atomic mass is 16.5. The number of likely N-dealkylation sites (N-methyl/N-ethyl adjacent to an activating group) is 2. The lowest BCUT2D eigenvalue weighted by atomic mass is 9.88. The summed E-state index contributed by atoms with van der Waals surface area (Å²) >= 11 is 0. The number of likely N-dealkylation sites (tertiary alicyclic amines) is 1. The molecule has 0 aliphatic carbocycles. The van der Waals surface area contributed by atoms with Gasteiger partial charge >= 0.3 is 0 Å². The molecule has 0 unspecified atom stereocenters. The van der Waals surface area contributed by atoms with E-state index in [0.29, 0.717) is 32.5 Å². The Bertz CT molecular complexity index is 1500. The number of nitrogens with one attached hydrogen (secondary N) is 2. The summed E-state index contributed by atoms with van der Waals surface area (Å²) in [5, 5.41) is 6.00. The highest BCUT2D eigenvalue weighted by Gasteiger charge is 2.43. The topological polar surface area (TPSA) is 141 Å². The van der Waals surface area contributed by atoms with Crippen molar-refractivity contribution in [2.75, 3.05) is 66.9 Å². The Morgan fingerprint density at radius 3 is 2.16 bits per heavy atom. The first kappa shape index (κ1) is 50.6. The van der Waals surface area contributed by atoms with E-state index in [2.05, 4.69) is 29.4 Å². The zero-order valence-corrected chi connectivity index (χ0v) is 38.5. The molecule has 1 aromatic carbocycles. The van der Waals surface area contributed by atoms with Gasteiger partial charge in [-0.2, -0.15) is 0 Å². The van der Waals surface area contributed by atoms with Crippen molar-refractivity contribution >= 4 is 35.2 Å². The van der Waals surface area contributed by atoms with Gasteiger partial charge < -0.3 is 39.7 Å². The molecule has 1 saturated heterocycles. The largest absolute Gasteiger partial charge is 0.379 e. The number of benzene rings is 1. The summed E-state index contributed by atoms with van der Waals surface area (Å²) < 4.78 is 12.1. The third-order valence-electron chi connectivity index (χ3n) is 12.1. The smallest absolute Gasteiger partial charge is 0.245 e. The van der Waals surface area contributed by atoms with E-state index >= 15 is 0 Å². The first-order chi connectivity index (χ1) is 27.1. The maximum absolute atomic E-state index is 14.3. The van der Waals surface area contributed by atoms with Crippen LogP contribution in [0.15, 0.2) is 24.3 Å². The third-order valence-corrected chi connectivity index (χ3v) is 12.1. The van der Waals surface area contributed by atoms with Crippen molar-refractivity contribution in [3.05, 3.63) is 29.8 Å². The molecule has 1 fully saturated rings. The van der Waals surface area contributed by atoms with Crippen LogP contribution in [0.4, 0.5) is 5.69 Å². The summed E-state index contributed by atoms with van der Waals surface area (Å²) in [6.45, 7) is 21.7. The standard InChI is InChI=1S/C45H78N6O7/c1-16-31(7)39(50(13)43(55)38(29(3)4)47-44(56)45(9,10)28-48(11)17-2)36(57-14)27-37(52)51-24-19-22-35(51)40(58-15)32(8)42(54)49(12)25-23-33-20-18-21-34(26-33)46-41(53)30(5)6/h18,20-21,26,29-32,35-36,38-40H,16-17,19,22-25,27-28H2,1-15H3,(H,46,53)(H,47,56)/t31-,32+,35-,36+,38-,39-,40+/m0/s1.